The van der Waals surface area contributed by atoms with Gasteiger partial charge in [0.05, 0.1) is 30.8 Å². The molecule has 0 bridgehead atoms. The summed E-state index contributed by atoms with van der Waals surface area (Å²) in [4.78, 5) is 20.1. The Kier molecular flexibility index (Phi) is 4.59. The Morgan fingerprint density at radius 3 is 2.45 bits per heavy atom. The van der Waals surface area contributed by atoms with E-state index in [1.54, 1.807) is 63.6 Å². The van der Waals surface area contributed by atoms with Gasteiger partial charge >= 0.3 is 0 Å². The van der Waals surface area contributed by atoms with Crippen molar-refractivity contribution < 1.29 is 19.4 Å². The largest absolute Gasteiger partial charge is 0.497 e. The number of pyridine rings is 1. The first-order valence-electron chi connectivity index (χ1n) is 8.80. The molecule has 4 aromatic rings. The second-order valence-electron chi connectivity index (χ2n) is 6.43. The maximum atomic E-state index is 12.8. The van der Waals surface area contributed by atoms with E-state index in [-0.39, 0.29) is 11.6 Å². The molecular weight excluding hydrogens is 372 g/mol. The van der Waals surface area contributed by atoms with Crippen LogP contribution in [0.15, 0.2) is 52.7 Å². The van der Waals surface area contributed by atoms with E-state index in [9.17, 15) is 9.90 Å². The molecule has 2 aromatic heterocycles. The zero-order valence-electron chi connectivity index (χ0n) is 16.1. The second kappa shape index (κ2) is 7.23. The number of H-pyrrole nitrogens is 1. The normalized spacial score (nSPS) is 11.4. The molecule has 0 fully saturated rings. The molecule has 0 radical (unpaired) electrons. The molecule has 0 aliphatic rings. The highest BCUT2D eigenvalue weighted by Crippen LogP contribution is 2.37. The molecule has 8 nitrogen and oxygen atoms in total. The van der Waals surface area contributed by atoms with E-state index < -0.39 is 5.91 Å². The van der Waals surface area contributed by atoms with Gasteiger partial charge in [0.1, 0.15) is 11.5 Å². The number of aromatic hydroxyl groups is 1. The molecule has 0 saturated carbocycles. The number of hydrogen-bond donors (Lipinski definition) is 2. The fourth-order valence-electron chi connectivity index (χ4n) is 3.16. The topological polar surface area (TPSA) is 109 Å². The van der Waals surface area contributed by atoms with Crippen LogP contribution in [0.3, 0.4) is 0 Å². The van der Waals surface area contributed by atoms with E-state index in [1.807, 2.05) is 0 Å². The van der Waals surface area contributed by atoms with Crippen LogP contribution in [0.4, 0.5) is 5.69 Å². The lowest BCUT2D eigenvalue weighted by Crippen LogP contribution is -1.99. The van der Waals surface area contributed by atoms with Gasteiger partial charge in [-0.15, -0.1) is 10.2 Å². The van der Waals surface area contributed by atoms with Crippen LogP contribution in [0.25, 0.3) is 21.8 Å². The standard InChI is InChI=1S/C21H18N4O4/c1-11-8-15(14-9-12(28-2)4-6-17(14)22-11)20(26)25-24-19-16-10-13(29-3)5-7-18(16)23-21(19)27/h4-10,23,27H,1-3H3. The second-order valence-corrected chi connectivity index (χ2v) is 6.43. The van der Waals surface area contributed by atoms with Crippen molar-refractivity contribution in [3.05, 3.63) is 53.7 Å². The Bertz CT molecular complexity index is 1280. The number of amides is 1. The van der Waals surface area contributed by atoms with E-state index in [0.29, 0.717) is 44.6 Å². The number of aromatic nitrogens is 2. The smallest absolute Gasteiger partial charge is 0.296 e. The van der Waals surface area contributed by atoms with Gasteiger partial charge in [0.15, 0.2) is 5.69 Å². The van der Waals surface area contributed by atoms with Gasteiger partial charge in [-0.1, -0.05) is 0 Å². The van der Waals surface area contributed by atoms with Crippen LogP contribution in [0.1, 0.15) is 16.1 Å². The van der Waals surface area contributed by atoms with E-state index in [2.05, 4.69) is 20.2 Å². The molecule has 0 spiro atoms. The number of azo groups is 1. The molecule has 0 atom stereocenters. The molecule has 0 aliphatic carbocycles. The highest BCUT2D eigenvalue weighted by atomic mass is 16.5. The molecular formula is C21H18N4O4. The van der Waals surface area contributed by atoms with Gasteiger partial charge in [-0.25, -0.2) is 0 Å². The minimum atomic E-state index is -0.551. The summed E-state index contributed by atoms with van der Waals surface area (Å²) in [6.07, 6.45) is 0. The number of carbonyl (C=O) groups excluding carboxylic acids is 1. The highest BCUT2D eigenvalue weighted by molar-refractivity contribution is 6.07. The third kappa shape index (κ3) is 3.36. The summed E-state index contributed by atoms with van der Waals surface area (Å²) in [6, 6.07) is 12.2. The number of aryl methyl sites for hydroxylation is 1. The minimum absolute atomic E-state index is 0.167. The van der Waals surface area contributed by atoms with Crippen molar-refractivity contribution in [2.75, 3.05) is 14.2 Å². The molecule has 2 heterocycles. The van der Waals surface area contributed by atoms with Gasteiger partial charge in [0, 0.05) is 16.5 Å². The van der Waals surface area contributed by atoms with Gasteiger partial charge in [0.2, 0.25) is 5.88 Å². The van der Waals surface area contributed by atoms with E-state index in [4.69, 9.17) is 9.47 Å². The molecule has 0 aliphatic heterocycles. The Balaban J connectivity index is 1.78. The fraction of sp³-hybridized carbons (Fsp3) is 0.143. The van der Waals surface area contributed by atoms with Gasteiger partial charge < -0.3 is 19.6 Å². The Hall–Kier alpha value is -3.94. The molecule has 29 heavy (non-hydrogen) atoms. The van der Waals surface area contributed by atoms with Crippen LogP contribution >= 0.6 is 0 Å². The maximum absolute atomic E-state index is 12.8. The summed E-state index contributed by atoms with van der Waals surface area (Å²) >= 11 is 0. The number of fused-ring (bicyclic) bond motifs is 2. The molecule has 2 aromatic carbocycles. The van der Waals surface area contributed by atoms with Crippen molar-refractivity contribution in [3.63, 3.8) is 0 Å². The predicted molar refractivity (Wildman–Crippen MR) is 108 cm³/mol. The van der Waals surface area contributed by atoms with Gasteiger partial charge in [0.25, 0.3) is 5.91 Å². The van der Waals surface area contributed by atoms with Crippen LogP contribution in [-0.2, 0) is 0 Å². The lowest BCUT2D eigenvalue weighted by molar-refractivity contribution is 0.0996. The molecule has 0 unspecified atom stereocenters. The van der Waals surface area contributed by atoms with Crippen molar-refractivity contribution in [1.29, 1.82) is 0 Å². The van der Waals surface area contributed by atoms with Gasteiger partial charge in [-0.2, -0.15) is 0 Å². The Labute approximate surface area is 165 Å². The first-order valence-corrected chi connectivity index (χ1v) is 8.80. The molecule has 1 amide bonds. The van der Waals surface area contributed by atoms with E-state index in [1.165, 1.54) is 0 Å². The number of carbonyl (C=O) groups is 1. The van der Waals surface area contributed by atoms with Crippen LogP contribution in [0.2, 0.25) is 0 Å². The Morgan fingerprint density at radius 2 is 1.72 bits per heavy atom. The molecule has 0 saturated heterocycles. The molecule has 4 rings (SSSR count). The molecule has 2 N–H and O–H groups in total. The van der Waals surface area contributed by atoms with Crippen LogP contribution in [0.5, 0.6) is 17.4 Å². The average molecular weight is 390 g/mol. The van der Waals surface area contributed by atoms with Crippen molar-refractivity contribution in [2.24, 2.45) is 10.2 Å². The van der Waals surface area contributed by atoms with Crippen molar-refractivity contribution >= 4 is 33.4 Å². The number of nitrogens with zero attached hydrogens (tertiary/aromatic N) is 3. The first kappa shape index (κ1) is 18.4. The number of ether oxygens (including phenoxy) is 2. The number of hydrogen-bond acceptors (Lipinski definition) is 6. The van der Waals surface area contributed by atoms with E-state index in [0.717, 1.165) is 0 Å². The van der Waals surface area contributed by atoms with Crippen molar-refractivity contribution in [3.8, 4) is 17.4 Å². The molecule has 146 valence electrons. The zero-order valence-corrected chi connectivity index (χ0v) is 16.1. The maximum Gasteiger partial charge on any atom is 0.296 e. The van der Waals surface area contributed by atoms with Gasteiger partial charge in [-0.05, 0) is 49.4 Å². The lowest BCUT2D eigenvalue weighted by atomic mass is 10.1. The summed E-state index contributed by atoms with van der Waals surface area (Å²) in [5, 5.41) is 19.2. The fourth-order valence-corrected chi connectivity index (χ4v) is 3.16. The van der Waals surface area contributed by atoms with Crippen LogP contribution < -0.4 is 9.47 Å². The molecule has 8 heteroatoms. The van der Waals surface area contributed by atoms with Crippen molar-refractivity contribution in [2.45, 2.75) is 6.92 Å². The van der Waals surface area contributed by atoms with Gasteiger partial charge in [-0.3, -0.25) is 9.78 Å². The summed E-state index contributed by atoms with van der Waals surface area (Å²) in [5.74, 6) is 0.477. The average Bonchev–Trinajstić information content (AvgIpc) is 3.05. The number of benzene rings is 2. The monoisotopic (exact) mass is 390 g/mol. The first-order chi connectivity index (χ1) is 14.0. The van der Waals surface area contributed by atoms with E-state index >= 15 is 0 Å². The Morgan fingerprint density at radius 1 is 1.03 bits per heavy atom. The highest BCUT2D eigenvalue weighted by Gasteiger charge is 2.15. The summed E-state index contributed by atoms with van der Waals surface area (Å²) in [5.41, 5.74) is 2.51. The number of rotatable bonds is 4. The number of aromatic amines is 1. The predicted octanol–water partition coefficient (Wildman–Crippen LogP) is 4.67. The zero-order chi connectivity index (χ0) is 20.5. The van der Waals surface area contributed by atoms with Crippen LogP contribution in [0, 0.1) is 6.92 Å². The van der Waals surface area contributed by atoms with Crippen LogP contribution in [-0.4, -0.2) is 35.2 Å². The minimum Gasteiger partial charge on any atom is -0.497 e. The SMILES string of the molecule is COc1ccc2nc(C)cc(C(=O)N=Nc3c(O)[nH]c4ccc(OC)cc34)c2c1. The lowest BCUT2D eigenvalue weighted by Gasteiger charge is -2.06. The summed E-state index contributed by atoms with van der Waals surface area (Å²) < 4.78 is 10.5. The summed E-state index contributed by atoms with van der Waals surface area (Å²) in [7, 11) is 3.10. The quantitative estimate of drug-likeness (QED) is 0.492. The number of methoxy groups -OCH3 is 2. The number of nitrogens with one attached hydrogen (secondary N) is 1. The van der Waals surface area contributed by atoms with Crippen molar-refractivity contribution in [1.82, 2.24) is 9.97 Å². The summed E-state index contributed by atoms with van der Waals surface area (Å²) in [6.45, 7) is 1.80. The third-order valence-corrected chi connectivity index (χ3v) is 4.57. The third-order valence-electron chi connectivity index (χ3n) is 4.57.